The van der Waals surface area contributed by atoms with Gasteiger partial charge in [-0.05, 0) is 0 Å². The summed E-state index contributed by atoms with van der Waals surface area (Å²) in [4.78, 5) is 0. The Labute approximate surface area is 130 Å². The van der Waals surface area contributed by atoms with E-state index >= 15 is 0 Å². The van der Waals surface area contributed by atoms with Crippen molar-refractivity contribution in [3.05, 3.63) is 66.4 Å². The van der Waals surface area contributed by atoms with Crippen LogP contribution in [0.25, 0.3) is 0 Å². The molecule has 22 heavy (non-hydrogen) atoms. The Kier molecular flexibility index (Phi) is 2.79. The van der Waals surface area contributed by atoms with Gasteiger partial charge >= 0.3 is 130 Å². The first-order chi connectivity index (χ1) is 10.7. The number of rotatable bonds is 2. The predicted molar refractivity (Wildman–Crippen MR) is 89.8 cm³/mol. The summed E-state index contributed by atoms with van der Waals surface area (Å²) in [5.74, 6) is 1.52. The maximum absolute atomic E-state index is 6.44. The standard InChI is InChI=1S/C18H19O3P/c1-3-15-8-10-16(11-9-15)22(14(2)12-13-19-22)20-17-6-4-5-7-18(17)21-22/h4-14H,3H2,1-2H3. The van der Waals surface area contributed by atoms with E-state index in [1.807, 2.05) is 30.3 Å². The molecular formula is C18H19O3P. The predicted octanol–water partition coefficient (Wildman–Crippen LogP) is 4.58. The van der Waals surface area contributed by atoms with Gasteiger partial charge in [0.2, 0.25) is 0 Å². The van der Waals surface area contributed by atoms with Crippen LogP contribution in [0.15, 0.2) is 60.9 Å². The zero-order valence-corrected chi connectivity index (χ0v) is 13.6. The molecule has 0 bridgehead atoms. The van der Waals surface area contributed by atoms with E-state index in [1.165, 1.54) is 5.56 Å². The number of allylic oxidation sites excluding steroid dienone is 1. The molecule has 0 N–H and O–H groups in total. The van der Waals surface area contributed by atoms with Crippen LogP contribution >= 0.6 is 7.28 Å². The van der Waals surface area contributed by atoms with E-state index in [4.69, 9.17) is 13.6 Å². The van der Waals surface area contributed by atoms with Crippen LogP contribution in [0.2, 0.25) is 0 Å². The summed E-state index contributed by atoms with van der Waals surface area (Å²) >= 11 is 0. The fraction of sp³-hybridized carbons (Fsp3) is 0.222. The molecule has 1 atom stereocenters. The average molecular weight is 314 g/mol. The Balaban J connectivity index is 1.89. The number of aryl methyl sites for hydroxylation is 1. The van der Waals surface area contributed by atoms with Gasteiger partial charge in [-0.3, -0.25) is 0 Å². The molecule has 0 saturated carbocycles. The molecule has 114 valence electrons. The number of benzene rings is 2. The summed E-state index contributed by atoms with van der Waals surface area (Å²) < 4.78 is 19.0. The molecular weight excluding hydrogens is 295 g/mol. The first-order valence-electron chi connectivity index (χ1n) is 7.63. The van der Waals surface area contributed by atoms with E-state index in [2.05, 4.69) is 38.1 Å². The van der Waals surface area contributed by atoms with Gasteiger partial charge in [0.1, 0.15) is 0 Å². The van der Waals surface area contributed by atoms with Gasteiger partial charge in [0, 0.05) is 0 Å². The third kappa shape index (κ3) is 1.60. The van der Waals surface area contributed by atoms with E-state index in [0.29, 0.717) is 0 Å². The van der Waals surface area contributed by atoms with Crippen LogP contribution in [0.4, 0.5) is 0 Å². The van der Waals surface area contributed by atoms with Crippen molar-refractivity contribution in [3.8, 4) is 11.5 Å². The molecule has 1 unspecified atom stereocenters. The first kappa shape index (κ1) is 13.7. The Morgan fingerprint density at radius 2 is 1.59 bits per heavy atom. The van der Waals surface area contributed by atoms with E-state index in [1.54, 1.807) is 6.26 Å². The molecule has 0 saturated heterocycles. The Bertz CT molecular complexity index is 726. The Morgan fingerprint density at radius 3 is 2.09 bits per heavy atom. The maximum atomic E-state index is 6.44. The van der Waals surface area contributed by atoms with Crippen LogP contribution in [-0.4, -0.2) is 5.66 Å². The summed E-state index contributed by atoms with van der Waals surface area (Å²) in [6, 6.07) is 16.2. The van der Waals surface area contributed by atoms with Crippen molar-refractivity contribution in [2.45, 2.75) is 25.9 Å². The van der Waals surface area contributed by atoms with E-state index < -0.39 is 7.28 Å². The number of fused-ring (bicyclic) bond motifs is 1. The monoisotopic (exact) mass is 314 g/mol. The van der Waals surface area contributed by atoms with Crippen LogP contribution in [0.3, 0.4) is 0 Å². The molecule has 0 fully saturated rings. The fourth-order valence-corrected chi connectivity index (χ4v) is 6.96. The zero-order valence-electron chi connectivity index (χ0n) is 12.7. The van der Waals surface area contributed by atoms with Crippen molar-refractivity contribution in [2.24, 2.45) is 0 Å². The summed E-state index contributed by atoms with van der Waals surface area (Å²) in [5, 5.41) is 0.997. The van der Waals surface area contributed by atoms with Crippen molar-refractivity contribution in [1.82, 2.24) is 0 Å². The molecule has 1 spiro atoms. The molecule has 0 aromatic heterocycles. The topological polar surface area (TPSA) is 27.7 Å². The molecule has 0 radical (unpaired) electrons. The van der Waals surface area contributed by atoms with Gasteiger partial charge in [0.15, 0.2) is 0 Å². The Morgan fingerprint density at radius 1 is 0.955 bits per heavy atom. The number of hydrogen-bond acceptors (Lipinski definition) is 3. The molecule has 2 aliphatic heterocycles. The molecule has 2 aromatic rings. The van der Waals surface area contributed by atoms with Gasteiger partial charge in [-0.1, -0.05) is 0 Å². The molecule has 0 aliphatic carbocycles. The molecule has 2 aliphatic rings. The second-order valence-electron chi connectivity index (χ2n) is 5.77. The molecule has 3 nitrogen and oxygen atoms in total. The van der Waals surface area contributed by atoms with E-state index in [0.717, 1.165) is 23.2 Å². The molecule has 2 heterocycles. The van der Waals surface area contributed by atoms with Gasteiger partial charge in [-0.15, -0.1) is 0 Å². The SMILES string of the molecule is CCc1ccc(P23(OC=CC2C)Oc2ccccc2O3)cc1. The fourth-order valence-electron chi connectivity index (χ4n) is 3.11. The summed E-state index contributed by atoms with van der Waals surface area (Å²) in [7, 11) is -3.44. The van der Waals surface area contributed by atoms with Gasteiger partial charge in [0.05, 0.1) is 0 Å². The summed E-state index contributed by atoms with van der Waals surface area (Å²) in [6.07, 6.45) is 4.76. The van der Waals surface area contributed by atoms with Crippen LogP contribution in [-0.2, 0) is 10.9 Å². The molecule has 0 amide bonds. The van der Waals surface area contributed by atoms with Gasteiger partial charge in [-0.25, -0.2) is 0 Å². The van der Waals surface area contributed by atoms with Crippen molar-refractivity contribution in [3.63, 3.8) is 0 Å². The van der Waals surface area contributed by atoms with Crippen molar-refractivity contribution >= 4 is 12.6 Å². The molecule has 2 aromatic carbocycles. The van der Waals surface area contributed by atoms with Crippen LogP contribution in [0.5, 0.6) is 11.5 Å². The van der Waals surface area contributed by atoms with Crippen molar-refractivity contribution < 1.29 is 13.6 Å². The second kappa shape index (κ2) is 4.50. The van der Waals surface area contributed by atoms with E-state index in [9.17, 15) is 0 Å². The molecule has 4 rings (SSSR count). The second-order valence-corrected chi connectivity index (χ2v) is 9.56. The zero-order chi connectivity index (χ0) is 15.2. The van der Waals surface area contributed by atoms with Gasteiger partial charge in [-0.2, -0.15) is 0 Å². The van der Waals surface area contributed by atoms with Crippen LogP contribution in [0.1, 0.15) is 19.4 Å². The summed E-state index contributed by atoms with van der Waals surface area (Å²) in [6.45, 7) is 4.25. The number of para-hydroxylation sites is 2. The average Bonchev–Trinajstić information content (AvgIpc) is 3.07. The van der Waals surface area contributed by atoms with Gasteiger partial charge in [0.25, 0.3) is 0 Å². The third-order valence-corrected chi connectivity index (χ3v) is 8.93. The van der Waals surface area contributed by atoms with Crippen molar-refractivity contribution in [1.29, 1.82) is 0 Å². The first-order valence-corrected chi connectivity index (χ1v) is 9.69. The van der Waals surface area contributed by atoms with E-state index in [-0.39, 0.29) is 5.66 Å². The normalized spacial score (nSPS) is 24.6. The quantitative estimate of drug-likeness (QED) is 0.760. The minimum absolute atomic E-state index is 0.0471. The van der Waals surface area contributed by atoms with Crippen LogP contribution < -0.4 is 14.4 Å². The van der Waals surface area contributed by atoms with Crippen LogP contribution in [0, 0.1) is 0 Å². The molecule has 4 heteroatoms. The van der Waals surface area contributed by atoms with Crippen molar-refractivity contribution in [2.75, 3.05) is 0 Å². The van der Waals surface area contributed by atoms with Gasteiger partial charge < -0.3 is 0 Å². The Hall–Kier alpha value is -1.99. The number of hydrogen-bond donors (Lipinski definition) is 0. The third-order valence-electron chi connectivity index (χ3n) is 4.52. The minimum atomic E-state index is -3.44. The summed E-state index contributed by atoms with van der Waals surface area (Å²) in [5.41, 5.74) is 1.34.